The lowest BCUT2D eigenvalue weighted by molar-refractivity contribution is 0.141. The van der Waals surface area contributed by atoms with E-state index in [1.54, 1.807) is 23.1 Å². The van der Waals surface area contributed by atoms with Gasteiger partial charge < -0.3 is 9.64 Å². The first-order valence-corrected chi connectivity index (χ1v) is 4.13. The van der Waals surface area contributed by atoms with E-state index < -0.39 is 0 Å². The Morgan fingerprint density at radius 3 is 2.62 bits per heavy atom. The predicted octanol–water partition coefficient (Wildman–Crippen LogP) is 1.74. The average Bonchev–Trinajstić information content (AvgIpc) is 2.94. The maximum atomic E-state index is 11.0. The third kappa shape index (κ3) is 3.15. The van der Waals surface area contributed by atoms with E-state index in [0.29, 0.717) is 0 Å². The summed E-state index contributed by atoms with van der Waals surface area (Å²) < 4.78 is 4.97. The smallest absolute Gasteiger partial charge is 0.410 e. The Morgan fingerprint density at radius 1 is 1.46 bits per heavy atom. The fraction of sp³-hybridized carbons (Fsp3) is 0.300. The Kier molecular flexibility index (Phi) is 3.31. The molecule has 3 nitrogen and oxygen atoms in total. The lowest BCUT2D eigenvalue weighted by Crippen LogP contribution is -2.13. The van der Waals surface area contributed by atoms with Crippen molar-refractivity contribution in [2.45, 2.75) is 0 Å². The van der Waals surface area contributed by atoms with Crippen LogP contribution in [0.25, 0.3) is 0 Å². The van der Waals surface area contributed by atoms with Crippen LogP contribution in [0.4, 0.5) is 4.79 Å². The van der Waals surface area contributed by atoms with Crippen LogP contribution in [0, 0.1) is 0 Å². The highest BCUT2D eigenvalue weighted by Crippen LogP contribution is 2.07. The molecule has 1 saturated heterocycles. The zero-order valence-corrected chi connectivity index (χ0v) is 7.53. The molecular weight excluding hydrogens is 166 g/mol. The second kappa shape index (κ2) is 4.50. The van der Waals surface area contributed by atoms with Gasteiger partial charge in [0, 0.05) is 13.1 Å². The first-order valence-electron chi connectivity index (χ1n) is 4.13. The number of carbonyl (C=O) groups is 1. The molecule has 0 spiro atoms. The number of allylic oxidation sites excluding steroid dienone is 2. The third-order valence-corrected chi connectivity index (χ3v) is 1.66. The molecule has 1 amide bonds. The Labute approximate surface area is 78.0 Å². The molecule has 0 unspecified atom stereocenters. The van der Waals surface area contributed by atoms with Gasteiger partial charge in [-0.05, 0) is 5.57 Å². The van der Waals surface area contributed by atoms with E-state index in [1.807, 2.05) is 0 Å². The van der Waals surface area contributed by atoms with Crippen molar-refractivity contribution < 1.29 is 9.53 Å². The molecule has 3 heteroatoms. The summed E-state index contributed by atoms with van der Waals surface area (Å²) in [6, 6.07) is 0. The Bertz CT molecular complexity index is 252. The summed E-state index contributed by atoms with van der Waals surface area (Å²) in [5.74, 6) is 0. The number of amides is 1. The van der Waals surface area contributed by atoms with E-state index in [-0.39, 0.29) is 12.7 Å². The lowest BCUT2D eigenvalue weighted by atomic mass is 10.2. The van der Waals surface area contributed by atoms with Gasteiger partial charge >= 0.3 is 6.09 Å². The first kappa shape index (κ1) is 9.58. The highest BCUT2D eigenvalue weighted by Gasteiger charge is 2.25. The maximum absolute atomic E-state index is 11.0. The van der Waals surface area contributed by atoms with Gasteiger partial charge in [-0.2, -0.15) is 0 Å². The zero-order chi connectivity index (χ0) is 9.68. The molecule has 0 aromatic rings. The normalized spacial score (nSPS) is 15.1. The zero-order valence-electron chi connectivity index (χ0n) is 7.53. The van der Waals surface area contributed by atoms with Crippen LogP contribution in [0.3, 0.4) is 0 Å². The van der Waals surface area contributed by atoms with E-state index in [4.69, 9.17) is 4.74 Å². The van der Waals surface area contributed by atoms with Crippen LogP contribution in [-0.2, 0) is 4.74 Å². The number of ether oxygens (including phenoxy) is 1. The van der Waals surface area contributed by atoms with Crippen LogP contribution in [-0.4, -0.2) is 30.7 Å². The summed E-state index contributed by atoms with van der Waals surface area (Å²) in [7, 11) is 0. The lowest BCUT2D eigenvalue weighted by Gasteiger charge is -2.04. The number of carbonyl (C=O) groups excluding carboxylic acids is 1. The monoisotopic (exact) mass is 179 g/mol. The number of hydrogen-bond acceptors (Lipinski definition) is 2. The molecule has 0 radical (unpaired) electrons. The van der Waals surface area contributed by atoms with Gasteiger partial charge in [-0.25, -0.2) is 4.79 Å². The van der Waals surface area contributed by atoms with Crippen molar-refractivity contribution in [1.29, 1.82) is 0 Å². The van der Waals surface area contributed by atoms with Gasteiger partial charge in [-0.15, -0.1) is 0 Å². The molecule has 0 bridgehead atoms. The van der Waals surface area contributed by atoms with Gasteiger partial charge in [-0.3, -0.25) is 0 Å². The van der Waals surface area contributed by atoms with Crippen LogP contribution < -0.4 is 0 Å². The van der Waals surface area contributed by atoms with Gasteiger partial charge in [-0.1, -0.05) is 31.4 Å². The van der Waals surface area contributed by atoms with Gasteiger partial charge in [0.15, 0.2) is 0 Å². The van der Waals surface area contributed by atoms with Gasteiger partial charge in [0.25, 0.3) is 0 Å². The minimum Gasteiger partial charge on any atom is -0.445 e. The minimum absolute atomic E-state index is 0.253. The number of rotatable bonds is 4. The van der Waals surface area contributed by atoms with Gasteiger partial charge in [0.1, 0.15) is 6.61 Å². The second-order valence-electron chi connectivity index (χ2n) is 2.72. The topological polar surface area (TPSA) is 29.3 Å². The largest absolute Gasteiger partial charge is 0.445 e. The quantitative estimate of drug-likeness (QED) is 0.486. The molecular formula is C10H13NO2. The van der Waals surface area contributed by atoms with Crippen LogP contribution in [0.1, 0.15) is 0 Å². The van der Waals surface area contributed by atoms with Crippen LogP contribution in [0.2, 0.25) is 0 Å². The highest BCUT2D eigenvalue weighted by atomic mass is 16.6. The number of hydrogen-bond donors (Lipinski definition) is 0. The maximum Gasteiger partial charge on any atom is 0.410 e. The molecule has 0 saturated carbocycles. The Hall–Kier alpha value is -1.51. The summed E-state index contributed by atoms with van der Waals surface area (Å²) in [6.07, 6.45) is 4.80. The van der Waals surface area contributed by atoms with E-state index in [1.165, 1.54) is 0 Å². The third-order valence-electron chi connectivity index (χ3n) is 1.66. The molecule has 1 rings (SSSR count). The average molecular weight is 179 g/mol. The van der Waals surface area contributed by atoms with E-state index >= 15 is 0 Å². The van der Waals surface area contributed by atoms with E-state index in [2.05, 4.69) is 13.2 Å². The van der Waals surface area contributed by atoms with E-state index in [9.17, 15) is 4.79 Å². The summed E-state index contributed by atoms with van der Waals surface area (Å²) in [5, 5.41) is 0. The molecule has 0 atom stereocenters. The molecule has 1 heterocycles. The predicted molar refractivity (Wildman–Crippen MR) is 51.4 cm³/mol. The standard InChI is InChI=1S/C10H13NO2/c1-3-5-9(4-2)8-13-10(12)11-6-7-11/h3-5H,1-2,6-8H2/b9-5+. The summed E-state index contributed by atoms with van der Waals surface area (Å²) in [6.45, 7) is 9.04. The van der Waals surface area contributed by atoms with Crippen molar-refractivity contribution in [3.8, 4) is 0 Å². The first-order chi connectivity index (χ1) is 6.27. The van der Waals surface area contributed by atoms with Crippen molar-refractivity contribution in [1.82, 2.24) is 4.90 Å². The molecule has 13 heavy (non-hydrogen) atoms. The molecule has 0 aromatic heterocycles. The van der Waals surface area contributed by atoms with Crippen LogP contribution in [0.5, 0.6) is 0 Å². The van der Waals surface area contributed by atoms with Crippen molar-refractivity contribution in [3.63, 3.8) is 0 Å². The Morgan fingerprint density at radius 2 is 2.15 bits per heavy atom. The highest BCUT2D eigenvalue weighted by molar-refractivity contribution is 5.70. The van der Waals surface area contributed by atoms with Crippen molar-refractivity contribution in [3.05, 3.63) is 37.0 Å². The second-order valence-corrected chi connectivity index (χ2v) is 2.72. The van der Waals surface area contributed by atoms with E-state index in [0.717, 1.165) is 18.7 Å². The molecule has 1 aliphatic rings. The summed E-state index contributed by atoms with van der Waals surface area (Å²) >= 11 is 0. The van der Waals surface area contributed by atoms with Crippen LogP contribution in [0.15, 0.2) is 37.0 Å². The van der Waals surface area contributed by atoms with Crippen molar-refractivity contribution in [2.75, 3.05) is 19.7 Å². The van der Waals surface area contributed by atoms with Crippen molar-refractivity contribution in [2.24, 2.45) is 0 Å². The molecule has 0 aromatic carbocycles. The molecule has 1 aliphatic heterocycles. The molecule has 0 N–H and O–H groups in total. The van der Waals surface area contributed by atoms with Crippen LogP contribution >= 0.6 is 0 Å². The molecule has 70 valence electrons. The Balaban J connectivity index is 2.30. The minimum atomic E-state index is -0.253. The molecule has 1 fully saturated rings. The number of nitrogens with zero attached hydrogens (tertiary/aromatic N) is 1. The van der Waals surface area contributed by atoms with Gasteiger partial charge in [0.05, 0.1) is 0 Å². The van der Waals surface area contributed by atoms with Gasteiger partial charge in [0.2, 0.25) is 0 Å². The fourth-order valence-corrected chi connectivity index (χ4v) is 0.795. The summed E-state index contributed by atoms with van der Waals surface area (Å²) in [5.41, 5.74) is 0.852. The SMILES string of the molecule is C=C/C=C(\C=C)COC(=O)N1CC1. The molecule has 0 aliphatic carbocycles. The van der Waals surface area contributed by atoms with Crippen molar-refractivity contribution >= 4 is 6.09 Å². The fourth-order valence-electron chi connectivity index (χ4n) is 0.795. The summed E-state index contributed by atoms with van der Waals surface area (Å²) in [4.78, 5) is 12.7.